The molecule has 0 fully saturated rings. The van der Waals surface area contributed by atoms with Crippen LogP contribution in [0.25, 0.3) is 0 Å². The first-order chi connectivity index (χ1) is 12.0. The highest BCUT2D eigenvalue weighted by Gasteiger charge is 2.29. The second kappa shape index (κ2) is 7.59. The number of anilines is 1. The van der Waals surface area contributed by atoms with Crippen LogP contribution in [0.1, 0.15) is 38.1 Å². The third-order valence-electron chi connectivity index (χ3n) is 4.55. The fourth-order valence-electron chi connectivity index (χ4n) is 3.19. The molecule has 0 radical (unpaired) electrons. The van der Waals surface area contributed by atoms with E-state index in [9.17, 15) is 9.59 Å². The van der Waals surface area contributed by atoms with Gasteiger partial charge in [0.1, 0.15) is 11.5 Å². The van der Waals surface area contributed by atoms with E-state index in [4.69, 9.17) is 5.73 Å². The van der Waals surface area contributed by atoms with Crippen LogP contribution in [0.3, 0.4) is 0 Å². The molecule has 4 N–H and O–H groups in total. The molecule has 0 bridgehead atoms. The molecule has 1 unspecified atom stereocenters. The molecule has 2 aromatic rings. The highest BCUT2D eigenvalue weighted by atomic mass is 32.2. The third kappa shape index (κ3) is 3.58. The SMILES string of the molecule is CC[NH+]1CCc2c(sc(NC(=O)c3ccccc3SC)c2C(N)=O)C1. The molecule has 7 heteroatoms. The first-order valence-corrected chi connectivity index (χ1v) is 10.3. The number of primary amides is 1. The van der Waals surface area contributed by atoms with Crippen molar-refractivity contribution in [2.24, 2.45) is 5.73 Å². The average Bonchev–Trinajstić information content (AvgIpc) is 2.98. The number of nitrogens with two attached hydrogens (primary N) is 1. The Labute approximate surface area is 155 Å². The zero-order valence-corrected chi connectivity index (χ0v) is 16.0. The summed E-state index contributed by atoms with van der Waals surface area (Å²) in [5.74, 6) is -0.670. The topological polar surface area (TPSA) is 76.6 Å². The molecule has 5 nitrogen and oxygen atoms in total. The second-order valence-electron chi connectivity index (χ2n) is 6.01. The van der Waals surface area contributed by atoms with Crippen molar-refractivity contribution in [2.75, 3.05) is 24.7 Å². The van der Waals surface area contributed by atoms with Crippen molar-refractivity contribution in [1.29, 1.82) is 0 Å². The smallest absolute Gasteiger partial charge is 0.257 e. The maximum absolute atomic E-state index is 12.7. The van der Waals surface area contributed by atoms with Gasteiger partial charge < -0.3 is 16.0 Å². The summed E-state index contributed by atoms with van der Waals surface area (Å²) >= 11 is 3.01. The Hall–Kier alpha value is -1.83. The number of thiophene rings is 1. The van der Waals surface area contributed by atoms with Crippen molar-refractivity contribution in [1.82, 2.24) is 0 Å². The van der Waals surface area contributed by atoms with Gasteiger partial charge in [-0.15, -0.1) is 23.1 Å². The Morgan fingerprint density at radius 2 is 2.12 bits per heavy atom. The summed E-state index contributed by atoms with van der Waals surface area (Å²) < 4.78 is 0. The monoisotopic (exact) mass is 376 g/mol. The predicted molar refractivity (Wildman–Crippen MR) is 103 cm³/mol. The molecule has 132 valence electrons. The van der Waals surface area contributed by atoms with Gasteiger partial charge in [-0.05, 0) is 30.9 Å². The number of benzene rings is 1. The number of carbonyl (C=O) groups is 2. The molecule has 1 atom stereocenters. The molecule has 2 amide bonds. The molecule has 1 aromatic heterocycles. The van der Waals surface area contributed by atoms with Gasteiger partial charge in [0.25, 0.3) is 11.8 Å². The number of nitrogens with one attached hydrogen (secondary N) is 2. The van der Waals surface area contributed by atoms with Crippen LogP contribution in [0.2, 0.25) is 0 Å². The number of carbonyl (C=O) groups excluding carboxylic acids is 2. The van der Waals surface area contributed by atoms with Gasteiger partial charge in [0.15, 0.2) is 0 Å². The largest absolute Gasteiger partial charge is 0.365 e. The molecule has 1 aliphatic rings. The van der Waals surface area contributed by atoms with E-state index in [1.54, 1.807) is 6.07 Å². The lowest BCUT2D eigenvalue weighted by Crippen LogP contribution is -3.11. The molecule has 0 saturated heterocycles. The number of rotatable bonds is 5. The van der Waals surface area contributed by atoms with Gasteiger partial charge in [-0.3, -0.25) is 9.59 Å². The summed E-state index contributed by atoms with van der Waals surface area (Å²) in [6, 6.07) is 7.45. The van der Waals surface area contributed by atoms with Crippen LogP contribution in [0.5, 0.6) is 0 Å². The number of thioether (sulfide) groups is 1. The fourth-order valence-corrected chi connectivity index (χ4v) is 5.10. The molecule has 3 rings (SSSR count). The summed E-state index contributed by atoms with van der Waals surface area (Å²) in [5, 5.41) is 3.51. The van der Waals surface area contributed by atoms with Gasteiger partial charge in [-0.25, -0.2) is 0 Å². The summed E-state index contributed by atoms with van der Waals surface area (Å²) in [7, 11) is 0. The molecule has 2 heterocycles. The summed E-state index contributed by atoms with van der Waals surface area (Å²) in [4.78, 5) is 28.3. The minimum Gasteiger partial charge on any atom is -0.365 e. The van der Waals surface area contributed by atoms with Crippen LogP contribution in [-0.2, 0) is 13.0 Å². The van der Waals surface area contributed by atoms with E-state index in [0.29, 0.717) is 16.1 Å². The zero-order valence-electron chi connectivity index (χ0n) is 14.3. The molecule has 25 heavy (non-hydrogen) atoms. The number of amides is 2. The lowest BCUT2D eigenvalue weighted by molar-refractivity contribution is -0.913. The summed E-state index contributed by atoms with van der Waals surface area (Å²) in [6.45, 7) is 5.08. The highest BCUT2D eigenvalue weighted by molar-refractivity contribution is 7.98. The summed E-state index contributed by atoms with van der Waals surface area (Å²) in [6.07, 6.45) is 2.76. The minimum atomic E-state index is -0.467. The van der Waals surface area contributed by atoms with E-state index < -0.39 is 5.91 Å². The first-order valence-electron chi connectivity index (χ1n) is 8.27. The Morgan fingerprint density at radius 3 is 2.80 bits per heavy atom. The molecular formula is C18H22N3O2S2+. The van der Waals surface area contributed by atoms with Crippen molar-refractivity contribution in [3.05, 3.63) is 45.8 Å². The number of hydrogen-bond donors (Lipinski definition) is 3. The van der Waals surface area contributed by atoms with Crippen LogP contribution in [-0.4, -0.2) is 31.2 Å². The molecule has 0 spiro atoms. The van der Waals surface area contributed by atoms with E-state index in [1.807, 2.05) is 24.5 Å². The predicted octanol–water partition coefficient (Wildman–Crippen LogP) is 1.78. The van der Waals surface area contributed by atoms with Crippen LogP contribution in [0.4, 0.5) is 5.00 Å². The maximum Gasteiger partial charge on any atom is 0.257 e. The van der Waals surface area contributed by atoms with Crippen molar-refractivity contribution < 1.29 is 14.5 Å². The average molecular weight is 377 g/mol. The lowest BCUT2D eigenvalue weighted by atomic mass is 10.0. The van der Waals surface area contributed by atoms with Gasteiger partial charge >= 0.3 is 0 Å². The second-order valence-corrected chi connectivity index (χ2v) is 7.96. The fraction of sp³-hybridized carbons (Fsp3) is 0.333. The molecule has 0 saturated carbocycles. The summed E-state index contributed by atoms with van der Waals surface area (Å²) in [5.41, 5.74) is 7.74. The number of quaternary nitrogens is 1. The Bertz CT molecular complexity index is 817. The van der Waals surface area contributed by atoms with E-state index >= 15 is 0 Å². The van der Waals surface area contributed by atoms with Crippen molar-refractivity contribution in [2.45, 2.75) is 24.8 Å². The molecular weight excluding hydrogens is 354 g/mol. The van der Waals surface area contributed by atoms with Gasteiger partial charge in [-0.2, -0.15) is 0 Å². The Morgan fingerprint density at radius 1 is 1.36 bits per heavy atom. The lowest BCUT2D eigenvalue weighted by Gasteiger charge is -2.22. The standard InChI is InChI=1S/C18H21N3O2S2/c1-3-21-9-8-11-14(10-21)25-18(15(11)16(19)22)20-17(23)12-6-4-5-7-13(12)24-2/h4-7H,3,8-10H2,1-2H3,(H2,19,22)(H,20,23)/p+1. The first kappa shape index (κ1) is 18.0. The molecule has 1 aromatic carbocycles. The quantitative estimate of drug-likeness (QED) is 0.696. The van der Waals surface area contributed by atoms with Crippen molar-refractivity contribution in [3.8, 4) is 0 Å². The van der Waals surface area contributed by atoms with Crippen LogP contribution < -0.4 is 16.0 Å². The Kier molecular flexibility index (Phi) is 5.46. The Balaban J connectivity index is 1.93. The number of likely N-dealkylation sites (N-methyl/N-ethyl adjacent to an activating group) is 1. The van der Waals surface area contributed by atoms with E-state index in [1.165, 1.54) is 28.0 Å². The van der Waals surface area contributed by atoms with Crippen LogP contribution in [0.15, 0.2) is 29.2 Å². The molecule has 1 aliphatic heterocycles. The van der Waals surface area contributed by atoms with Crippen LogP contribution in [0, 0.1) is 0 Å². The number of hydrogen-bond acceptors (Lipinski definition) is 4. The van der Waals surface area contributed by atoms with Crippen molar-refractivity contribution in [3.63, 3.8) is 0 Å². The van der Waals surface area contributed by atoms with Crippen molar-refractivity contribution >= 4 is 39.9 Å². The normalized spacial score (nSPS) is 16.3. The van der Waals surface area contributed by atoms with Gasteiger partial charge in [0.05, 0.1) is 29.1 Å². The minimum absolute atomic E-state index is 0.203. The van der Waals surface area contributed by atoms with Crippen LogP contribution >= 0.6 is 23.1 Å². The maximum atomic E-state index is 12.7. The van der Waals surface area contributed by atoms with Gasteiger partial charge in [0, 0.05) is 11.3 Å². The van der Waals surface area contributed by atoms with Gasteiger partial charge in [0.2, 0.25) is 0 Å². The van der Waals surface area contributed by atoms with Gasteiger partial charge in [-0.1, -0.05) is 12.1 Å². The van der Waals surface area contributed by atoms with E-state index in [2.05, 4.69) is 12.2 Å². The highest BCUT2D eigenvalue weighted by Crippen LogP contribution is 2.35. The molecule has 0 aliphatic carbocycles. The van der Waals surface area contributed by atoms with E-state index in [-0.39, 0.29) is 5.91 Å². The van der Waals surface area contributed by atoms with E-state index in [0.717, 1.165) is 41.4 Å². The number of fused-ring (bicyclic) bond motifs is 1. The zero-order chi connectivity index (χ0) is 18.0. The third-order valence-corrected chi connectivity index (χ3v) is 6.50.